The van der Waals surface area contributed by atoms with Gasteiger partial charge in [0.25, 0.3) is 0 Å². The van der Waals surface area contributed by atoms with Crippen LogP contribution < -0.4 is 0 Å². The number of nitrogens with zero attached hydrogens (tertiary/aromatic N) is 2. The molecule has 1 aromatic heterocycles. The third-order valence-corrected chi connectivity index (χ3v) is 0.720. The van der Waals surface area contributed by atoms with Crippen molar-refractivity contribution in [3.05, 3.63) is 24.5 Å². The lowest BCUT2D eigenvalue weighted by Gasteiger charge is -1.74. The molecule has 0 atom stereocenters. The lowest BCUT2D eigenvalue weighted by molar-refractivity contribution is 1.10. The highest BCUT2D eigenvalue weighted by molar-refractivity contribution is 5.85. The molecule has 0 fully saturated rings. The first-order valence-corrected chi connectivity index (χ1v) is 1.96. The van der Waals surface area contributed by atoms with E-state index in [4.69, 9.17) is 5.26 Å². The van der Waals surface area contributed by atoms with Gasteiger partial charge in [-0.15, -0.1) is 12.4 Å². The van der Waals surface area contributed by atoms with Crippen LogP contribution in [0.15, 0.2) is 24.5 Å². The van der Waals surface area contributed by atoms with Crippen LogP contribution in [-0.2, 0) is 0 Å². The average molecular weight is 129 g/mol. The number of hydrogen-bond acceptors (Lipinski definition) is 1. The molecule has 0 bridgehead atoms. The molecule has 0 saturated heterocycles. The van der Waals surface area contributed by atoms with Gasteiger partial charge in [0.15, 0.2) is 6.19 Å². The van der Waals surface area contributed by atoms with Gasteiger partial charge in [-0.1, -0.05) is 0 Å². The monoisotopic (exact) mass is 128 g/mol. The minimum atomic E-state index is 0. The van der Waals surface area contributed by atoms with E-state index in [0.717, 1.165) is 0 Å². The molecule has 1 heterocycles. The molecule has 1 aromatic rings. The van der Waals surface area contributed by atoms with E-state index in [1.807, 2.05) is 18.3 Å². The van der Waals surface area contributed by atoms with Crippen LogP contribution in [-0.4, -0.2) is 4.57 Å². The SMILES string of the molecule is Cl.N#Cn1cccc1. The quantitative estimate of drug-likeness (QED) is 0.517. The summed E-state index contributed by atoms with van der Waals surface area (Å²) in [6.07, 6.45) is 5.31. The zero-order chi connectivity index (χ0) is 5.11. The van der Waals surface area contributed by atoms with Gasteiger partial charge in [-0.3, -0.25) is 4.57 Å². The standard InChI is InChI=1S/C5H4N2.ClH/c6-5-7-3-1-2-4-7;/h1-4H;1H. The van der Waals surface area contributed by atoms with Crippen molar-refractivity contribution in [3.8, 4) is 6.19 Å². The predicted molar refractivity (Wildman–Crippen MR) is 32.7 cm³/mol. The smallest absolute Gasteiger partial charge is 0.188 e. The Balaban J connectivity index is 0.000000490. The summed E-state index contributed by atoms with van der Waals surface area (Å²) in [5.74, 6) is 0. The molecule has 0 saturated carbocycles. The lowest BCUT2D eigenvalue weighted by Crippen LogP contribution is -1.76. The zero-order valence-corrected chi connectivity index (χ0v) is 4.93. The zero-order valence-electron chi connectivity index (χ0n) is 4.11. The van der Waals surface area contributed by atoms with Gasteiger partial charge < -0.3 is 0 Å². The molecule has 3 heteroatoms. The number of nitriles is 1. The fourth-order valence-electron chi connectivity index (χ4n) is 0.401. The van der Waals surface area contributed by atoms with E-state index in [0.29, 0.717) is 0 Å². The summed E-state index contributed by atoms with van der Waals surface area (Å²) in [4.78, 5) is 0. The number of aromatic nitrogens is 1. The summed E-state index contributed by atoms with van der Waals surface area (Å²) in [7, 11) is 0. The van der Waals surface area contributed by atoms with E-state index in [9.17, 15) is 0 Å². The molecular formula is C5H5ClN2. The summed E-state index contributed by atoms with van der Waals surface area (Å²) in [5, 5.41) is 8.14. The largest absolute Gasteiger partial charge is 0.262 e. The van der Waals surface area contributed by atoms with Crippen LogP contribution >= 0.6 is 12.4 Å². The molecule has 0 N–H and O–H groups in total. The van der Waals surface area contributed by atoms with E-state index in [1.54, 1.807) is 12.4 Å². The molecule has 1 rings (SSSR count). The van der Waals surface area contributed by atoms with Gasteiger partial charge in [0.1, 0.15) is 0 Å². The van der Waals surface area contributed by atoms with Crippen molar-refractivity contribution in [1.29, 1.82) is 5.26 Å². The Hall–Kier alpha value is -0.940. The van der Waals surface area contributed by atoms with Crippen LogP contribution in [0.5, 0.6) is 0 Å². The molecule has 42 valence electrons. The topological polar surface area (TPSA) is 28.7 Å². The van der Waals surface area contributed by atoms with E-state index >= 15 is 0 Å². The molecule has 0 spiro atoms. The van der Waals surface area contributed by atoms with Crippen molar-refractivity contribution < 1.29 is 0 Å². The first-order chi connectivity index (χ1) is 3.43. The van der Waals surface area contributed by atoms with Gasteiger partial charge >= 0.3 is 0 Å². The summed E-state index contributed by atoms with van der Waals surface area (Å²) >= 11 is 0. The molecule has 0 aromatic carbocycles. The Labute approximate surface area is 53.8 Å². The van der Waals surface area contributed by atoms with Gasteiger partial charge in [-0.25, -0.2) is 0 Å². The van der Waals surface area contributed by atoms with Crippen molar-refractivity contribution in [1.82, 2.24) is 4.57 Å². The Morgan fingerprint density at radius 2 is 1.75 bits per heavy atom. The summed E-state index contributed by atoms with van der Waals surface area (Å²) < 4.78 is 1.43. The predicted octanol–water partition coefficient (Wildman–Crippen LogP) is 1.24. The highest BCUT2D eigenvalue weighted by Gasteiger charge is 1.75. The van der Waals surface area contributed by atoms with Crippen LogP contribution in [0.1, 0.15) is 0 Å². The third kappa shape index (κ3) is 1.28. The Kier molecular flexibility index (Phi) is 2.75. The summed E-state index contributed by atoms with van der Waals surface area (Å²) in [6, 6.07) is 3.62. The van der Waals surface area contributed by atoms with Gasteiger partial charge in [0.05, 0.1) is 0 Å². The van der Waals surface area contributed by atoms with E-state index in [2.05, 4.69) is 0 Å². The second kappa shape index (κ2) is 3.11. The van der Waals surface area contributed by atoms with E-state index in [1.165, 1.54) is 4.57 Å². The van der Waals surface area contributed by atoms with Crippen LogP contribution in [0.25, 0.3) is 0 Å². The molecule has 0 aliphatic rings. The Morgan fingerprint density at radius 1 is 1.25 bits per heavy atom. The molecule has 0 aliphatic carbocycles. The maximum absolute atomic E-state index is 8.14. The van der Waals surface area contributed by atoms with E-state index in [-0.39, 0.29) is 12.4 Å². The maximum Gasteiger partial charge on any atom is 0.188 e. The highest BCUT2D eigenvalue weighted by atomic mass is 35.5. The lowest BCUT2D eigenvalue weighted by atomic mass is 10.7. The van der Waals surface area contributed by atoms with Gasteiger partial charge in [0, 0.05) is 12.4 Å². The summed E-state index contributed by atoms with van der Waals surface area (Å²) in [5.41, 5.74) is 0. The van der Waals surface area contributed by atoms with Gasteiger partial charge in [-0.2, -0.15) is 5.26 Å². The molecular weight excluding hydrogens is 124 g/mol. The second-order valence-electron chi connectivity index (χ2n) is 1.19. The fraction of sp³-hybridized carbons (Fsp3) is 0. The van der Waals surface area contributed by atoms with Crippen molar-refractivity contribution >= 4 is 12.4 Å². The van der Waals surface area contributed by atoms with Crippen molar-refractivity contribution in [2.75, 3.05) is 0 Å². The Bertz CT molecular complexity index is 173. The molecule has 2 nitrogen and oxygen atoms in total. The molecule has 0 unspecified atom stereocenters. The van der Waals surface area contributed by atoms with Crippen molar-refractivity contribution in [2.45, 2.75) is 0 Å². The average Bonchev–Trinajstić information content (AvgIpc) is 2.14. The minimum absolute atomic E-state index is 0. The van der Waals surface area contributed by atoms with Crippen LogP contribution in [0.3, 0.4) is 0 Å². The van der Waals surface area contributed by atoms with Crippen molar-refractivity contribution in [2.24, 2.45) is 0 Å². The van der Waals surface area contributed by atoms with Gasteiger partial charge in [-0.05, 0) is 12.1 Å². The molecule has 0 radical (unpaired) electrons. The third-order valence-electron chi connectivity index (χ3n) is 0.720. The normalized spacial score (nSPS) is 6.88. The number of hydrogen-bond donors (Lipinski definition) is 0. The molecule has 0 amide bonds. The molecule has 0 aliphatic heterocycles. The summed E-state index contributed by atoms with van der Waals surface area (Å²) in [6.45, 7) is 0. The highest BCUT2D eigenvalue weighted by Crippen LogP contribution is 1.82. The van der Waals surface area contributed by atoms with Gasteiger partial charge in [0.2, 0.25) is 0 Å². The van der Waals surface area contributed by atoms with Crippen molar-refractivity contribution in [3.63, 3.8) is 0 Å². The van der Waals surface area contributed by atoms with Crippen LogP contribution in [0.4, 0.5) is 0 Å². The van der Waals surface area contributed by atoms with E-state index < -0.39 is 0 Å². The van der Waals surface area contributed by atoms with Crippen LogP contribution in [0, 0.1) is 11.5 Å². The minimum Gasteiger partial charge on any atom is -0.262 e. The first kappa shape index (κ1) is 7.06. The molecule has 8 heavy (non-hydrogen) atoms. The first-order valence-electron chi connectivity index (χ1n) is 1.96. The number of rotatable bonds is 0. The maximum atomic E-state index is 8.14. The number of halogens is 1. The van der Waals surface area contributed by atoms with Crippen LogP contribution in [0.2, 0.25) is 0 Å². The second-order valence-corrected chi connectivity index (χ2v) is 1.19. The fourth-order valence-corrected chi connectivity index (χ4v) is 0.401. The Morgan fingerprint density at radius 3 is 2.00 bits per heavy atom.